The van der Waals surface area contributed by atoms with Crippen LogP contribution in [-0.4, -0.2) is 30.3 Å². The first-order valence-electron chi connectivity index (χ1n) is 7.03. The van der Waals surface area contributed by atoms with Crippen molar-refractivity contribution in [3.8, 4) is 10.6 Å². The van der Waals surface area contributed by atoms with E-state index in [-0.39, 0.29) is 12.1 Å². The van der Waals surface area contributed by atoms with Gasteiger partial charge in [-0.2, -0.15) is 11.3 Å². The molecule has 1 saturated heterocycles. The summed E-state index contributed by atoms with van der Waals surface area (Å²) in [6.07, 6.45) is 3.26. The predicted octanol–water partition coefficient (Wildman–Crippen LogP) is 3.91. The third-order valence-electron chi connectivity index (χ3n) is 3.42. The fraction of sp³-hybridized carbons (Fsp3) is 0.467. The minimum Gasteiger partial charge on any atom is -0.459 e. The maximum Gasteiger partial charge on any atom is 0.350 e. The molecule has 2 aromatic heterocycles. The van der Waals surface area contributed by atoms with E-state index >= 15 is 0 Å². The summed E-state index contributed by atoms with van der Waals surface area (Å²) >= 11 is 3.01. The predicted molar refractivity (Wildman–Crippen MR) is 84.0 cm³/mol. The minimum atomic E-state index is -0.291. The number of rotatable bonds is 4. The zero-order valence-corrected chi connectivity index (χ0v) is 13.5. The van der Waals surface area contributed by atoms with Crippen LogP contribution in [-0.2, 0) is 9.47 Å². The van der Waals surface area contributed by atoms with E-state index in [0.717, 1.165) is 42.1 Å². The van der Waals surface area contributed by atoms with Gasteiger partial charge in [0.2, 0.25) is 0 Å². The Bertz CT molecular complexity index is 600. The van der Waals surface area contributed by atoms with E-state index < -0.39 is 0 Å². The molecule has 3 heterocycles. The van der Waals surface area contributed by atoms with Crippen molar-refractivity contribution in [2.75, 3.05) is 13.2 Å². The van der Waals surface area contributed by atoms with Crippen molar-refractivity contribution >= 4 is 28.6 Å². The zero-order valence-electron chi connectivity index (χ0n) is 11.8. The monoisotopic (exact) mass is 323 g/mol. The Kier molecular flexibility index (Phi) is 4.67. The van der Waals surface area contributed by atoms with E-state index in [9.17, 15) is 4.79 Å². The van der Waals surface area contributed by atoms with Crippen LogP contribution in [0.3, 0.4) is 0 Å². The first kappa shape index (κ1) is 14.7. The number of aromatic nitrogens is 1. The molecule has 0 N–H and O–H groups in total. The number of ether oxygens (including phenoxy) is 2. The molecule has 112 valence electrons. The lowest BCUT2D eigenvalue weighted by Crippen LogP contribution is -2.25. The van der Waals surface area contributed by atoms with Gasteiger partial charge < -0.3 is 9.47 Å². The van der Waals surface area contributed by atoms with Gasteiger partial charge in [0.25, 0.3) is 0 Å². The number of carbonyl (C=O) groups is 1. The SMILES string of the molecule is Cc1nc(-c2ccsc2)sc1C(=O)OCC1CCCCO1. The summed E-state index contributed by atoms with van der Waals surface area (Å²) in [6, 6.07) is 2.01. The van der Waals surface area contributed by atoms with E-state index in [4.69, 9.17) is 9.47 Å². The van der Waals surface area contributed by atoms with E-state index in [1.54, 1.807) is 11.3 Å². The minimum absolute atomic E-state index is 0.0484. The smallest absolute Gasteiger partial charge is 0.350 e. The Morgan fingerprint density at radius 2 is 2.43 bits per heavy atom. The van der Waals surface area contributed by atoms with Crippen LogP contribution in [0.2, 0.25) is 0 Å². The van der Waals surface area contributed by atoms with Crippen molar-refractivity contribution in [3.63, 3.8) is 0 Å². The summed E-state index contributed by atoms with van der Waals surface area (Å²) < 4.78 is 11.0. The summed E-state index contributed by atoms with van der Waals surface area (Å²) in [6.45, 7) is 2.95. The number of hydrogen-bond acceptors (Lipinski definition) is 6. The molecule has 0 aliphatic carbocycles. The van der Waals surface area contributed by atoms with Gasteiger partial charge >= 0.3 is 5.97 Å². The second-order valence-corrected chi connectivity index (χ2v) is 6.81. The molecule has 0 saturated carbocycles. The zero-order chi connectivity index (χ0) is 14.7. The van der Waals surface area contributed by atoms with Crippen LogP contribution in [0.5, 0.6) is 0 Å². The standard InChI is InChI=1S/C15H17NO3S2/c1-10-13(21-14(16-10)11-5-7-20-9-11)15(17)19-8-12-4-2-3-6-18-12/h5,7,9,12H,2-4,6,8H2,1H3. The van der Waals surface area contributed by atoms with Crippen LogP contribution in [0, 0.1) is 6.92 Å². The summed E-state index contributed by atoms with van der Waals surface area (Å²) in [5, 5.41) is 4.91. The summed E-state index contributed by atoms with van der Waals surface area (Å²) in [7, 11) is 0. The van der Waals surface area contributed by atoms with Crippen molar-refractivity contribution in [2.45, 2.75) is 32.3 Å². The number of thiazole rings is 1. The van der Waals surface area contributed by atoms with E-state index in [0.29, 0.717) is 11.5 Å². The lowest BCUT2D eigenvalue weighted by atomic mass is 10.1. The molecule has 0 aromatic carbocycles. The number of aryl methyl sites for hydroxylation is 1. The van der Waals surface area contributed by atoms with Gasteiger partial charge in [0.15, 0.2) is 0 Å². The Morgan fingerprint density at radius 3 is 3.14 bits per heavy atom. The highest BCUT2D eigenvalue weighted by Crippen LogP contribution is 2.29. The molecule has 1 aliphatic rings. The normalized spacial score (nSPS) is 18.6. The Morgan fingerprint density at radius 1 is 1.52 bits per heavy atom. The van der Waals surface area contributed by atoms with Gasteiger partial charge in [-0.3, -0.25) is 0 Å². The molecule has 1 unspecified atom stereocenters. The maximum absolute atomic E-state index is 12.2. The molecular weight excluding hydrogens is 306 g/mol. The van der Waals surface area contributed by atoms with Gasteiger partial charge in [0.05, 0.1) is 11.8 Å². The molecule has 21 heavy (non-hydrogen) atoms. The first-order valence-corrected chi connectivity index (χ1v) is 8.78. The van der Waals surface area contributed by atoms with Crippen LogP contribution in [0.15, 0.2) is 16.8 Å². The number of esters is 1. The third kappa shape index (κ3) is 3.51. The van der Waals surface area contributed by atoms with Crippen LogP contribution in [0.25, 0.3) is 10.6 Å². The molecule has 1 atom stereocenters. The highest BCUT2D eigenvalue weighted by Gasteiger charge is 2.20. The van der Waals surface area contributed by atoms with E-state index in [2.05, 4.69) is 4.98 Å². The van der Waals surface area contributed by atoms with Gasteiger partial charge in [-0.25, -0.2) is 9.78 Å². The molecule has 1 fully saturated rings. The van der Waals surface area contributed by atoms with Crippen molar-refractivity contribution in [2.24, 2.45) is 0 Å². The summed E-state index contributed by atoms with van der Waals surface area (Å²) in [5.41, 5.74) is 1.79. The summed E-state index contributed by atoms with van der Waals surface area (Å²) in [5.74, 6) is -0.291. The van der Waals surface area contributed by atoms with Crippen molar-refractivity contribution < 1.29 is 14.3 Å². The molecule has 3 rings (SSSR count). The molecule has 4 nitrogen and oxygen atoms in total. The summed E-state index contributed by atoms with van der Waals surface area (Å²) in [4.78, 5) is 17.2. The quantitative estimate of drug-likeness (QED) is 0.801. The van der Waals surface area contributed by atoms with Gasteiger partial charge in [0.1, 0.15) is 16.5 Å². The molecule has 2 aromatic rings. The van der Waals surface area contributed by atoms with Crippen LogP contribution < -0.4 is 0 Å². The van der Waals surface area contributed by atoms with Crippen molar-refractivity contribution in [1.29, 1.82) is 0 Å². The van der Waals surface area contributed by atoms with Crippen LogP contribution >= 0.6 is 22.7 Å². The number of carbonyl (C=O) groups excluding carboxylic acids is 1. The molecular formula is C15H17NO3S2. The number of hydrogen-bond donors (Lipinski definition) is 0. The van der Waals surface area contributed by atoms with E-state index in [1.807, 2.05) is 23.8 Å². The largest absolute Gasteiger partial charge is 0.459 e. The Balaban J connectivity index is 1.64. The van der Waals surface area contributed by atoms with Crippen molar-refractivity contribution in [3.05, 3.63) is 27.4 Å². The fourth-order valence-corrected chi connectivity index (χ4v) is 3.94. The highest BCUT2D eigenvalue weighted by atomic mass is 32.1. The van der Waals surface area contributed by atoms with E-state index in [1.165, 1.54) is 11.3 Å². The second-order valence-electron chi connectivity index (χ2n) is 5.03. The molecule has 6 heteroatoms. The third-order valence-corrected chi connectivity index (χ3v) is 5.29. The Labute approximate surface area is 131 Å². The lowest BCUT2D eigenvalue weighted by molar-refractivity contribution is -0.0298. The maximum atomic E-state index is 12.2. The average molecular weight is 323 g/mol. The average Bonchev–Trinajstić information content (AvgIpc) is 3.15. The molecule has 0 radical (unpaired) electrons. The number of thiophene rings is 1. The lowest BCUT2D eigenvalue weighted by Gasteiger charge is -2.21. The highest BCUT2D eigenvalue weighted by molar-refractivity contribution is 7.17. The van der Waals surface area contributed by atoms with Gasteiger partial charge in [0, 0.05) is 17.6 Å². The molecule has 0 amide bonds. The topological polar surface area (TPSA) is 48.4 Å². The first-order chi connectivity index (χ1) is 10.2. The number of nitrogens with zero attached hydrogens (tertiary/aromatic N) is 1. The Hall–Kier alpha value is -1.24. The molecule has 1 aliphatic heterocycles. The van der Waals surface area contributed by atoms with Crippen LogP contribution in [0.4, 0.5) is 0 Å². The van der Waals surface area contributed by atoms with Gasteiger partial charge in [-0.1, -0.05) is 0 Å². The molecule has 0 spiro atoms. The second kappa shape index (κ2) is 6.68. The van der Waals surface area contributed by atoms with Crippen molar-refractivity contribution in [1.82, 2.24) is 4.98 Å². The molecule has 0 bridgehead atoms. The van der Waals surface area contributed by atoms with Gasteiger partial charge in [-0.05, 0) is 37.6 Å². The van der Waals surface area contributed by atoms with Gasteiger partial charge in [-0.15, -0.1) is 11.3 Å². The van der Waals surface area contributed by atoms with Crippen LogP contribution in [0.1, 0.15) is 34.6 Å². The fourth-order valence-electron chi connectivity index (χ4n) is 2.27.